The standard InChI is InChI=1S/C37H52N2O12/c1-22-20-26(18-19-40)34(35(46-7)29(49-25(4)41)21-30(43)47-23(2)14-10-8-13-17-28(22)42)50-36-32(44)31(39(5)6)33(24(3)48-36)51-37(45)38-27-15-11-9-12-16-27/h8-13,15-17,19,22-24,26,29,31-36,44H,14,18,20-21H2,1-7H3,(H,38,45)/b10-8+,17-13+/t22-,23-,24-,26+,29-,31-,32-,33-,34+,35+,36+/m1/s1. The van der Waals surface area contributed by atoms with E-state index in [4.69, 9.17) is 28.4 Å². The molecule has 2 heterocycles. The van der Waals surface area contributed by atoms with Gasteiger partial charge in [-0.05, 0) is 58.5 Å². The fourth-order valence-electron chi connectivity index (χ4n) is 6.43. The van der Waals surface area contributed by atoms with E-state index in [0.29, 0.717) is 18.4 Å². The normalized spacial score (nSPS) is 33.8. The molecule has 0 spiro atoms. The first-order valence-electron chi connectivity index (χ1n) is 17.1. The second kappa shape index (κ2) is 20.2. The average molecular weight is 717 g/mol. The van der Waals surface area contributed by atoms with Crippen LogP contribution in [-0.4, -0.2) is 116 Å². The molecule has 282 valence electrons. The number of cyclic esters (lactones) is 1. The summed E-state index contributed by atoms with van der Waals surface area (Å²) in [5.74, 6) is -2.89. The zero-order chi connectivity index (χ0) is 37.7. The lowest BCUT2D eigenvalue weighted by Gasteiger charge is -2.47. The summed E-state index contributed by atoms with van der Waals surface area (Å²) in [6.07, 6.45) is -2.33. The van der Waals surface area contributed by atoms with Gasteiger partial charge in [0.2, 0.25) is 0 Å². The van der Waals surface area contributed by atoms with Crippen molar-refractivity contribution in [1.82, 2.24) is 4.90 Å². The lowest BCUT2D eigenvalue weighted by atomic mass is 9.83. The lowest BCUT2D eigenvalue weighted by molar-refractivity contribution is -0.308. The number of amides is 1. The number of likely N-dealkylation sites (N-methyl/N-ethyl adjacent to an activating group) is 1. The van der Waals surface area contributed by atoms with Crippen molar-refractivity contribution in [2.45, 2.75) is 108 Å². The van der Waals surface area contributed by atoms with Crippen LogP contribution >= 0.6 is 0 Å². The number of ether oxygens (including phenoxy) is 6. The summed E-state index contributed by atoms with van der Waals surface area (Å²) in [7, 11) is 4.74. The fourth-order valence-corrected chi connectivity index (χ4v) is 6.43. The molecule has 1 aromatic carbocycles. The Morgan fingerprint density at radius 1 is 1.04 bits per heavy atom. The van der Waals surface area contributed by atoms with Gasteiger partial charge in [0.1, 0.15) is 36.8 Å². The van der Waals surface area contributed by atoms with Crippen molar-refractivity contribution in [2.24, 2.45) is 11.8 Å². The summed E-state index contributed by atoms with van der Waals surface area (Å²) in [5.41, 5.74) is 0.516. The second-order valence-corrected chi connectivity index (χ2v) is 13.2. The molecule has 3 rings (SSSR count). The Kier molecular flexibility index (Phi) is 16.4. The maximum atomic E-state index is 13.1. The number of aliphatic hydroxyl groups is 1. The number of allylic oxidation sites excluding steroid dienone is 3. The van der Waals surface area contributed by atoms with Crippen LogP contribution in [0.15, 0.2) is 54.6 Å². The van der Waals surface area contributed by atoms with E-state index in [0.717, 1.165) is 0 Å². The Morgan fingerprint density at radius 2 is 1.75 bits per heavy atom. The SMILES string of the molecule is CO[C@@H]1[C@@H](O[C@@H]2O[C@H](C)[C@@H](OC(=O)Nc3ccccc3)[C@H](N(C)C)[C@H]2O)[C@@H](CC=O)C[C@@H](C)C(=O)/C=C/C=C/C[C@@H](C)OC(=O)C[C@H]1OC(C)=O. The molecule has 2 aliphatic rings. The number of para-hydroxylation sites is 1. The smallest absolute Gasteiger partial charge is 0.412 e. The molecule has 1 aromatic rings. The summed E-state index contributed by atoms with van der Waals surface area (Å²) in [4.78, 5) is 65.3. The summed E-state index contributed by atoms with van der Waals surface area (Å²) < 4.78 is 35.6. The molecule has 0 aliphatic carbocycles. The van der Waals surface area contributed by atoms with E-state index in [2.05, 4.69) is 5.32 Å². The van der Waals surface area contributed by atoms with E-state index < -0.39 is 91.3 Å². The fraction of sp³-hybridized carbons (Fsp3) is 0.595. The van der Waals surface area contributed by atoms with Crippen LogP contribution in [0.3, 0.4) is 0 Å². The Labute approximate surface area is 299 Å². The van der Waals surface area contributed by atoms with Crippen LogP contribution in [0.4, 0.5) is 10.5 Å². The number of carbonyl (C=O) groups excluding carboxylic acids is 5. The molecule has 1 amide bonds. The minimum Gasteiger partial charge on any atom is -0.462 e. The number of hydrogen-bond acceptors (Lipinski definition) is 13. The van der Waals surface area contributed by atoms with Crippen LogP contribution in [0.5, 0.6) is 0 Å². The van der Waals surface area contributed by atoms with Gasteiger partial charge in [0.15, 0.2) is 12.1 Å². The number of ketones is 1. The summed E-state index contributed by atoms with van der Waals surface area (Å²) in [6.45, 7) is 6.27. The summed E-state index contributed by atoms with van der Waals surface area (Å²) in [6, 6.07) is 7.89. The van der Waals surface area contributed by atoms with Crippen LogP contribution in [0.1, 0.15) is 53.4 Å². The van der Waals surface area contributed by atoms with E-state index in [1.165, 1.54) is 20.1 Å². The van der Waals surface area contributed by atoms with Crippen LogP contribution in [-0.2, 0) is 47.6 Å². The number of hydrogen-bond donors (Lipinski definition) is 2. The molecule has 1 fully saturated rings. The number of esters is 2. The van der Waals surface area contributed by atoms with Gasteiger partial charge in [-0.15, -0.1) is 0 Å². The predicted octanol–water partition coefficient (Wildman–Crippen LogP) is 3.61. The van der Waals surface area contributed by atoms with Gasteiger partial charge in [0.05, 0.1) is 24.7 Å². The molecule has 0 radical (unpaired) electrons. The van der Waals surface area contributed by atoms with Crippen molar-refractivity contribution < 1.29 is 57.5 Å². The quantitative estimate of drug-likeness (QED) is 0.216. The Balaban J connectivity index is 2.02. The topological polar surface area (TPSA) is 176 Å². The Bertz CT molecular complexity index is 1370. The maximum Gasteiger partial charge on any atom is 0.412 e. The molecule has 11 atom stereocenters. The van der Waals surface area contributed by atoms with E-state index in [-0.39, 0.29) is 18.6 Å². The van der Waals surface area contributed by atoms with E-state index >= 15 is 0 Å². The van der Waals surface area contributed by atoms with Gasteiger partial charge in [0, 0.05) is 38.5 Å². The molecule has 0 saturated carbocycles. The number of nitrogens with zero attached hydrogens (tertiary/aromatic N) is 1. The summed E-state index contributed by atoms with van der Waals surface area (Å²) in [5, 5.41) is 14.4. The number of benzene rings is 1. The zero-order valence-electron chi connectivity index (χ0n) is 30.3. The maximum absolute atomic E-state index is 13.1. The molecule has 0 aromatic heterocycles. The highest BCUT2D eigenvalue weighted by Gasteiger charge is 2.50. The van der Waals surface area contributed by atoms with Gasteiger partial charge in [0.25, 0.3) is 0 Å². The highest BCUT2D eigenvalue weighted by molar-refractivity contribution is 5.91. The molecule has 14 nitrogen and oxygen atoms in total. The second-order valence-electron chi connectivity index (χ2n) is 13.2. The molecule has 2 aliphatic heterocycles. The number of methoxy groups -OCH3 is 1. The third kappa shape index (κ3) is 12.4. The number of carbonyl (C=O) groups is 5. The minimum atomic E-state index is -1.42. The first kappa shape index (κ1) is 41.5. The highest BCUT2D eigenvalue weighted by Crippen LogP contribution is 2.34. The van der Waals surface area contributed by atoms with Crippen LogP contribution in [0.2, 0.25) is 0 Å². The first-order chi connectivity index (χ1) is 24.2. The van der Waals surface area contributed by atoms with Crippen LogP contribution in [0.25, 0.3) is 0 Å². The third-order valence-corrected chi connectivity index (χ3v) is 8.89. The lowest BCUT2D eigenvalue weighted by Crippen LogP contribution is -2.64. The van der Waals surface area contributed by atoms with Gasteiger partial charge < -0.3 is 43.2 Å². The van der Waals surface area contributed by atoms with Crippen molar-refractivity contribution in [3.8, 4) is 0 Å². The van der Waals surface area contributed by atoms with Crippen molar-refractivity contribution in [2.75, 3.05) is 26.5 Å². The highest BCUT2D eigenvalue weighted by atomic mass is 16.7. The summed E-state index contributed by atoms with van der Waals surface area (Å²) >= 11 is 0. The zero-order valence-corrected chi connectivity index (χ0v) is 30.3. The molecular weight excluding hydrogens is 664 g/mol. The van der Waals surface area contributed by atoms with Gasteiger partial charge in [-0.25, -0.2) is 4.79 Å². The van der Waals surface area contributed by atoms with E-state index in [1.807, 2.05) is 0 Å². The first-order valence-corrected chi connectivity index (χ1v) is 17.1. The molecule has 51 heavy (non-hydrogen) atoms. The van der Waals surface area contributed by atoms with Gasteiger partial charge in [-0.1, -0.05) is 43.4 Å². The molecular formula is C37H52N2O12. The third-order valence-electron chi connectivity index (χ3n) is 8.89. The largest absolute Gasteiger partial charge is 0.462 e. The van der Waals surface area contributed by atoms with Gasteiger partial charge in [-0.3, -0.25) is 19.7 Å². The number of nitrogens with one attached hydrogen (secondary N) is 1. The van der Waals surface area contributed by atoms with E-state index in [1.54, 1.807) is 88.3 Å². The van der Waals surface area contributed by atoms with Gasteiger partial charge >= 0.3 is 18.0 Å². The Hall–Kier alpha value is -3.95. The molecule has 2 N–H and O–H groups in total. The van der Waals surface area contributed by atoms with Crippen molar-refractivity contribution >= 4 is 35.8 Å². The average Bonchev–Trinajstić information content (AvgIpc) is 3.05. The minimum absolute atomic E-state index is 0.110. The Morgan fingerprint density at radius 3 is 2.37 bits per heavy atom. The van der Waals surface area contributed by atoms with Crippen molar-refractivity contribution in [1.29, 1.82) is 0 Å². The molecule has 1 saturated heterocycles. The number of anilines is 1. The number of rotatable bonds is 9. The monoisotopic (exact) mass is 716 g/mol. The van der Waals surface area contributed by atoms with Crippen molar-refractivity contribution in [3.63, 3.8) is 0 Å². The molecule has 14 heteroatoms. The number of aliphatic hydroxyl groups excluding tert-OH is 1. The predicted molar refractivity (Wildman–Crippen MR) is 185 cm³/mol. The van der Waals surface area contributed by atoms with Crippen LogP contribution < -0.4 is 5.32 Å². The van der Waals surface area contributed by atoms with Crippen LogP contribution in [0, 0.1) is 11.8 Å². The molecule has 0 unspecified atom stereocenters. The van der Waals surface area contributed by atoms with Crippen molar-refractivity contribution in [3.05, 3.63) is 54.6 Å². The number of aldehydes is 1. The van der Waals surface area contributed by atoms with E-state index in [9.17, 15) is 29.1 Å². The van der Waals surface area contributed by atoms with Gasteiger partial charge in [-0.2, -0.15) is 0 Å². The molecule has 0 bridgehead atoms.